The highest BCUT2D eigenvalue weighted by Crippen LogP contribution is 2.49. The molecule has 2 saturated heterocycles. The van der Waals surface area contributed by atoms with Gasteiger partial charge in [0.2, 0.25) is 0 Å². The summed E-state index contributed by atoms with van der Waals surface area (Å²) in [6.07, 6.45) is 5.21. The molecule has 3 heteroatoms. The summed E-state index contributed by atoms with van der Waals surface area (Å²) in [7, 11) is 0. The van der Waals surface area contributed by atoms with Gasteiger partial charge in [0.25, 0.3) is 0 Å². The van der Waals surface area contributed by atoms with Crippen molar-refractivity contribution in [1.29, 1.82) is 0 Å². The van der Waals surface area contributed by atoms with Crippen LogP contribution >= 0.6 is 11.8 Å². The Balaban J connectivity index is 1.93. The zero-order chi connectivity index (χ0) is 12.8. The van der Waals surface area contributed by atoms with Gasteiger partial charge in [-0.15, -0.1) is 0 Å². The lowest BCUT2D eigenvalue weighted by Gasteiger charge is -2.44. The van der Waals surface area contributed by atoms with Crippen molar-refractivity contribution in [2.75, 3.05) is 0 Å². The zero-order valence-corrected chi connectivity index (χ0v) is 11.5. The van der Waals surface area contributed by atoms with Crippen molar-refractivity contribution in [1.82, 2.24) is 0 Å². The Morgan fingerprint density at radius 1 is 1.22 bits per heavy atom. The molecule has 1 aromatic carbocycles. The van der Waals surface area contributed by atoms with E-state index in [1.807, 2.05) is 24.8 Å². The van der Waals surface area contributed by atoms with Crippen LogP contribution in [0.25, 0.3) is 0 Å². The van der Waals surface area contributed by atoms with Crippen LogP contribution in [0, 0.1) is 12.7 Å². The van der Waals surface area contributed by atoms with Gasteiger partial charge in [-0.3, -0.25) is 0 Å². The van der Waals surface area contributed by atoms with E-state index in [0.717, 1.165) is 24.0 Å². The number of fused-ring (bicyclic) bond motifs is 2. The molecule has 98 valence electrons. The third kappa shape index (κ3) is 2.30. The molecule has 1 N–H and O–H groups in total. The molecule has 0 radical (unpaired) electrons. The highest BCUT2D eigenvalue weighted by atomic mass is 32.2. The van der Waals surface area contributed by atoms with Crippen LogP contribution < -0.4 is 0 Å². The maximum Gasteiger partial charge on any atom is 0.123 e. The van der Waals surface area contributed by atoms with Crippen molar-refractivity contribution < 1.29 is 9.50 Å². The van der Waals surface area contributed by atoms with E-state index in [9.17, 15) is 9.50 Å². The van der Waals surface area contributed by atoms with Crippen molar-refractivity contribution in [2.45, 2.75) is 55.1 Å². The normalized spacial score (nSPS) is 35.5. The topological polar surface area (TPSA) is 20.2 Å². The van der Waals surface area contributed by atoms with E-state index in [4.69, 9.17) is 0 Å². The molecule has 0 spiro atoms. The summed E-state index contributed by atoms with van der Waals surface area (Å²) in [5.41, 5.74) is 0.854. The maximum absolute atomic E-state index is 13.5. The molecule has 0 aromatic heterocycles. The molecular formula is C15H19FOS. The van der Waals surface area contributed by atoms with Gasteiger partial charge in [0.15, 0.2) is 0 Å². The van der Waals surface area contributed by atoms with Crippen molar-refractivity contribution in [3.63, 3.8) is 0 Å². The predicted octanol–water partition coefficient (Wildman–Crippen LogP) is 3.77. The first kappa shape index (κ1) is 12.5. The number of hydrogen-bond donors (Lipinski definition) is 1. The Bertz CT molecular complexity index is 428. The summed E-state index contributed by atoms with van der Waals surface area (Å²) < 4.78 is 13.5. The molecule has 2 aliphatic heterocycles. The minimum Gasteiger partial charge on any atom is -0.385 e. The second-order valence-electron chi connectivity index (χ2n) is 5.77. The monoisotopic (exact) mass is 266 g/mol. The van der Waals surface area contributed by atoms with Gasteiger partial charge in [0.05, 0.1) is 5.60 Å². The molecule has 2 unspecified atom stereocenters. The van der Waals surface area contributed by atoms with Crippen LogP contribution in [-0.4, -0.2) is 15.6 Å². The zero-order valence-electron chi connectivity index (χ0n) is 10.7. The summed E-state index contributed by atoms with van der Waals surface area (Å²) in [6, 6.07) is 4.97. The fraction of sp³-hybridized carbons (Fsp3) is 0.600. The van der Waals surface area contributed by atoms with Crippen LogP contribution in [0.4, 0.5) is 4.39 Å². The Hall–Kier alpha value is -0.540. The number of benzene rings is 1. The molecule has 3 rings (SSSR count). The molecule has 0 amide bonds. The number of rotatable bonds is 1. The molecule has 1 nitrogen and oxygen atoms in total. The average Bonchev–Trinajstić information content (AvgIpc) is 2.26. The lowest BCUT2D eigenvalue weighted by atomic mass is 9.80. The summed E-state index contributed by atoms with van der Waals surface area (Å²) in [6.45, 7) is 1.88. The van der Waals surface area contributed by atoms with Crippen molar-refractivity contribution >= 4 is 11.8 Å². The first-order chi connectivity index (χ1) is 8.55. The van der Waals surface area contributed by atoms with Crippen LogP contribution in [0.3, 0.4) is 0 Å². The molecule has 2 atom stereocenters. The second-order valence-corrected chi connectivity index (χ2v) is 7.37. The largest absolute Gasteiger partial charge is 0.385 e. The molecule has 0 aliphatic carbocycles. The summed E-state index contributed by atoms with van der Waals surface area (Å²) in [4.78, 5) is 0. The van der Waals surface area contributed by atoms with E-state index in [1.165, 1.54) is 31.4 Å². The van der Waals surface area contributed by atoms with E-state index in [1.54, 1.807) is 0 Å². The summed E-state index contributed by atoms with van der Waals surface area (Å²) in [5, 5.41) is 12.0. The van der Waals surface area contributed by atoms with Gasteiger partial charge < -0.3 is 5.11 Å². The molecule has 2 aliphatic rings. The summed E-state index contributed by atoms with van der Waals surface area (Å²) >= 11 is 2.02. The quantitative estimate of drug-likeness (QED) is 0.835. The molecular weight excluding hydrogens is 247 g/mol. The van der Waals surface area contributed by atoms with Gasteiger partial charge in [-0.2, -0.15) is 11.8 Å². The average molecular weight is 266 g/mol. The van der Waals surface area contributed by atoms with Gasteiger partial charge >= 0.3 is 0 Å². The highest BCUT2D eigenvalue weighted by molar-refractivity contribution is 8.00. The minimum absolute atomic E-state index is 0.234. The van der Waals surface area contributed by atoms with Gasteiger partial charge in [-0.05, 0) is 55.9 Å². The third-order valence-corrected chi connectivity index (χ3v) is 5.72. The van der Waals surface area contributed by atoms with Crippen molar-refractivity contribution in [3.05, 3.63) is 35.1 Å². The molecule has 2 fully saturated rings. The Labute approximate surface area is 112 Å². The first-order valence-electron chi connectivity index (χ1n) is 6.71. The number of thioether (sulfide) groups is 1. The van der Waals surface area contributed by atoms with Crippen molar-refractivity contribution in [3.8, 4) is 0 Å². The minimum atomic E-state index is -0.812. The number of aliphatic hydroxyl groups is 1. The van der Waals surface area contributed by atoms with E-state index in [0.29, 0.717) is 10.5 Å². The molecule has 18 heavy (non-hydrogen) atoms. The van der Waals surface area contributed by atoms with Crippen LogP contribution in [0.5, 0.6) is 0 Å². The lowest BCUT2D eigenvalue weighted by Crippen LogP contribution is -2.40. The lowest BCUT2D eigenvalue weighted by molar-refractivity contribution is 0.00781. The van der Waals surface area contributed by atoms with E-state index in [2.05, 4.69) is 0 Å². The van der Waals surface area contributed by atoms with Crippen LogP contribution in [-0.2, 0) is 5.60 Å². The predicted molar refractivity (Wildman–Crippen MR) is 73.3 cm³/mol. The molecule has 1 aromatic rings. The van der Waals surface area contributed by atoms with Gasteiger partial charge in [0, 0.05) is 10.5 Å². The van der Waals surface area contributed by atoms with Gasteiger partial charge in [-0.1, -0.05) is 12.5 Å². The van der Waals surface area contributed by atoms with Gasteiger partial charge in [0.1, 0.15) is 5.82 Å². The second kappa shape index (κ2) is 4.53. The molecule has 2 bridgehead atoms. The number of aryl methyl sites for hydroxylation is 1. The van der Waals surface area contributed by atoms with Crippen molar-refractivity contribution in [2.24, 2.45) is 0 Å². The maximum atomic E-state index is 13.5. The number of hydrogen-bond acceptors (Lipinski definition) is 2. The fourth-order valence-corrected chi connectivity index (χ4v) is 5.25. The third-order valence-electron chi connectivity index (χ3n) is 4.15. The van der Waals surface area contributed by atoms with E-state index >= 15 is 0 Å². The SMILES string of the molecule is Cc1cc(F)cc(C2(O)CC3CCCC(C2)S3)c1. The van der Waals surface area contributed by atoms with Crippen LogP contribution in [0.2, 0.25) is 0 Å². The molecule has 0 saturated carbocycles. The summed E-state index contributed by atoms with van der Waals surface area (Å²) in [5.74, 6) is -0.234. The first-order valence-corrected chi connectivity index (χ1v) is 7.65. The van der Waals surface area contributed by atoms with Crippen LogP contribution in [0.1, 0.15) is 43.2 Å². The number of halogens is 1. The van der Waals surface area contributed by atoms with Gasteiger partial charge in [-0.25, -0.2) is 4.39 Å². The molecule has 2 heterocycles. The Morgan fingerprint density at radius 2 is 1.89 bits per heavy atom. The van der Waals surface area contributed by atoms with E-state index in [-0.39, 0.29) is 5.82 Å². The van der Waals surface area contributed by atoms with Crippen LogP contribution in [0.15, 0.2) is 18.2 Å². The Kier molecular flexibility index (Phi) is 3.15. The Morgan fingerprint density at radius 3 is 2.50 bits per heavy atom. The van der Waals surface area contributed by atoms with E-state index < -0.39 is 5.60 Å². The highest BCUT2D eigenvalue weighted by Gasteiger charge is 2.42. The standard InChI is InChI=1S/C15H19FOS/c1-10-5-11(7-12(16)6-10)15(17)8-13-3-2-4-14(9-15)18-13/h5-7,13-14,17H,2-4,8-9H2,1H3. The smallest absolute Gasteiger partial charge is 0.123 e. The fourth-order valence-electron chi connectivity index (χ4n) is 3.36.